The van der Waals surface area contributed by atoms with Gasteiger partial charge in [0.15, 0.2) is 11.5 Å². The first-order valence-corrected chi connectivity index (χ1v) is 6.05. The van der Waals surface area contributed by atoms with Crippen LogP contribution in [0.4, 0.5) is 5.82 Å². The zero-order valence-electron chi connectivity index (χ0n) is 11.1. The summed E-state index contributed by atoms with van der Waals surface area (Å²) in [6.07, 6.45) is 0.325. The Morgan fingerprint density at radius 1 is 1.50 bits per heavy atom. The summed E-state index contributed by atoms with van der Waals surface area (Å²) in [5.74, 6) is 0.465. The molecule has 0 aromatic carbocycles. The lowest BCUT2D eigenvalue weighted by Gasteiger charge is -2.18. The highest BCUT2D eigenvalue weighted by Gasteiger charge is 2.09. The van der Waals surface area contributed by atoms with Gasteiger partial charge in [-0.05, 0) is 32.4 Å². The standard InChI is InChI=1S/C12H20N4O2/c1-4-13-12(18)10-5-6-11(15-14-10)16(3)8-7-9(2)17/h5-6,9,17H,4,7-8H2,1-3H3,(H,13,18). The van der Waals surface area contributed by atoms with Crippen LogP contribution in [-0.2, 0) is 0 Å². The predicted octanol–water partition coefficient (Wildman–Crippen LogP) is 0.433. The lowest BCUT2D eigenvalue weighted by molar-refractivity contribution is 0.0950. The van der Waals surface area contributed by atoms with Gasteiger partial charge in [0.2, 0.25) is 0 Å². The Kier molecular flexibility index (Phi) is 5.51. The van der Waals surface area contributed by atoms with E-state index in [2.05, 4.69) is 15.5 Å². The molecule has 100 valence electrons. The molecular formula is C12H20N4O2. The average Bonchev–Trinajstić information content (AvgIpc) is 2.36. The van der Waals surface area contributed by atoms with Crippen molar-refractivity contribution in [3.05, 3.63) is 17.8 Å². The first kappa shape index (κ1) is 14.4. The normalized spacial score (nSPS) is 12.0. The molecule has 0 radical (unpaired) electrons. The van der Waals surface area contributed by atoms with E-state index in [4.69, 9.17) is 0 Å². The van der Waals surface area contributed by atoms with Crippen LogP contribution in [0.5, 0.6) is 0 Å². The molecule has 2 N–H and O–H groups in total. The van der Waals surface area contributed by atoms with Crippen LogP contribution in [-0.4, -0.2) is 47.5 Å². The molecule has 1 heterocycles. The second-order valence-electron chi connectivity index (χ2n) is 4.20. The molecule has 1 amide bonds. The van der Waals surface area contributed by atoms with Crippen LogP contribution < -0.4 is 10.2 Å². The van der Waals surface area contributed by atoms with Gasteiger partial charge in [-0.2, -0.15) is 0 Å². The molecule has 18 heavy (non-hydrogen) atoms. The van der Waals surface area contributed by atoms with Gasteiger partial charge in [0.1, 0.15) is 0 Å². The average molecular weight is 252 g/mol. The molecule has 1 atom stereocenters. The smallest absolute Gasteiger partial charge is 0.271 e. The van der Waals surface area contributed by atoms with Crippen LogP contribution in [0.1, 0.15) is 30.8 Å². The van der Waals surface area contributed by atoms with Crippen molar-refractivity contribution in [2.24, 2.45) is 0 Å². The molecule has 0 bridgehead atoms. The number of carbonyl (C=O) groups excluding carboxylic acids is 1. The Morgan fingerprint density at radius 3 is 2.72 bits per heavy atom. The van der Waals surface area contributed by atoms with Gasteiger partial charge in [0, 0.05) is 20.1 Å². The first-order valence-electron chi connectivity index (χ1n) is 6.05. The minimum atomic E-state index is -0.338. The number of nitrogens with zero attached hydrogens (tertiary/aromatic N) is 3. The highest BCUT2D eigenvalue weighted by Crippen LogP contribution is 2.08. The van der Waals surface area contributed by atoms with Crippen molar-refractivity contribution in [1.82, 2.24) is 15.5 Å². The Morgan fingerprint density at radius 2 is 2.22 bits per heavy atom. The number of rotatable bonds is 6. The second-order valence-corrected chi connectivity index (χ2v) is 4.20. The van der Waals surface area contributed by atoms with E-state index in [1.807, 2.05) is 18.9 Å². The molecule has 1 aromatic rings. The minimum Gasteiger partial charge on any atom is -0.393 e. The number of amides is 1. The number of hydrogen-bond donors (Lipinski definition) is 2. The number of aromatic nitrogens is 2. The van der Waals surface area contributed by atoms with Crippen molar-refractivity contribution in [1.29, 1.82) is 0 Å². The summed E-state index contributed by atoms with van der Waals surface area (Å²) < 4.78 is 0. The molecule has 0 aliphatic heterocycles. The van der Waals surface area contributed by atoms with Crippen molar-refractivity contribution >= 4 is 11.7 Å². The number of aliphatic hydroxyl groups is 1. The lowest BCUT2D eigenvalue weighted by Crippen LogP contribution is -2.26. The zero-order valence-corrected chi connectivity index (χ0v) is 11.1. The maximum Gasteiger partial charge on any atom is 0.271 e. The summed E-state index contributed by atoms with van der Waals surface area (Å²) in [4.78, 5) is 13.4. The molecule has 1 aromatic heterocycles. The van der Waals surface area contributed by atoms with Crippen LogP contribution in [0.2, 0.25) is 0 Å². The van der Waals surface area contributed by atoms with Crippen LogP contribution in [0, 0.1) is 0 Å². The van der Waals surface area contributed by atoms with Gasteiger partial charge in [-0.15, -0.1) is 10.2 Å². The molecule has 0 aliphatic rings. The van der Waals surface area contributed by atoms with Crippen molar-refractivity contribution in [2.45, 2.75) is 26.4 Å². The zero-order chi connectivity index (χ0) is 13.5. The van der Waals surface area contributed by atoms with Gasteiger partial charge < -0.3 is 15.3 Å². The van der Waals surface area contributed by atoms with Gasteiger partial charge >= 0.3 is 0 Å². The summed E-state index contributed by atoms with van der Waals surface area (Å²) in [6.45, 7) is 4.85. The highest BCUT2D eigenvalue weighted by atomic mass is 16.3. The third kappa shape index (κ3) is 4.29. The van der Waals surface area contributed by atoms with Crippen molar-refractivity contribution < 1.29 is 9.90 Å². The largest absolute Gasteiger partial charge is 0.393 e. The Labute approximate surface area is 107 Å². The maximum atomic E-state index is 11.5. The van der Waals surface area contributed by atoms with E-state index in [1.165, 1.54) is 0 Å². The topological polar surface area (TPSA) is 78.4 Å². The minimum absolute atomic E-state index is 0.219. The molecule has 1 unspecified atom stereocenters. The summed E-state index contributed by atoms with van der Waals surface area (Å²) in [5.41, 5.74) is 0.310. The van der Waals surface area contributed by atoms with Crippen molar-refractivity contribution in [2.75, 3.05) is 25.0 Å². The Hall–Kier alpha value is -1.69. The Bertz CT molecular complexity index is 378. The second kappa shape index (κ2) is 6.90. The highest BCUT2D eigenvalue weighted by molar-refractivity contribution is 5.92. The molecule has 0 fully saturated rings. The van der Waals surface area contributed by atoms with E-state index >= 15 is 0 Å². The fraction of sp³-hybridized carbons (Fsp3) is 0.583. The first-order chi connectivity index (χ1) is 8.54. The van der Waals surface area contributed by atoms with E-state index in [-0.39, 0.29) is 12.0 Å². The van der Waals surface area contributed by atoms with Gasteiger partial charge in [-0.3, -0.25) is 4.79 Å². The van der Waals surface area contributed by atoms with Gasteiger partial charge in [0.05, 0.1) is 6.10 Å². The molecule has 1 rings (SSSR count). The van der Waals surface area contributed by atoms with Crippen molar-refractivity contribution in [3.63, 3.8) is 0 Å². The fourth-order valence-electron chi connectivity index (χ4n) is 1.40. The Balaban J connectivity index is 2.61. The fourth-order valence-corrected chi connectivity index (χ4v) is 1.40. The van der Waals surface area contributed by atoms with Crippen LogP contribution in [0.25, 0.3) is 0 Å². The summed E-state index contributed by atoms with van der Waals surface area (Å²) >= 11 is 0. The van der Waals surface area contributed by atoms with Gasteiger partial charge in [0.25, 0.3) is 5.91 Å². The third-order valence-electron chi connectivity index (χ3n) is 2.49. The number of hydrogen-bond acceptors (Lipinski definition) is 5. The number of anilines is 1. The van der Waals surface area contributed by atoms with Gasteiger partial charge in [-0.25, -0.2) is 0 Å². The predicted molar refractivity (Wildman–Crippen MR) is 69.6 cm³/mol. The molecule has 6 nitrogen and oxygen atoms in total. The molecule has 0 saturated heterocycles. The summed E-state index contributed by atoms with van der Waals surface area (Å²) in [5, 5.41) is 19.7. The van der Waals surface area contributed by atoms with Crippen molar-refractivity contribution in [3.8, 4) is 0 Å². The van der Waals surface area contributed by atoms with Crippen LogP contribution in [0.15, 0.2) is 12.1 Å². The maximum absolute atomic E-state index is 11.5. The molecule has 0 saturated carbocycles. The van der Waals surface area contributed by atoms with E-state index in [1.54, 1.807) is 19.1 Å². The molecular weight excluding hydrogens is 232 g/mol. The van der Waals surface area contributed by atoms with Gasteiger partial charge in [-0.1, -0.05) is 0 Å². The summed E-state index contributed by atoms with van der Waals surface area (Å²) in [6, 6.07) is 3.39. The molecule has 0 spiro atoms. The monoisotopic (exact) mass is 252 g/mol. The quantitative estimate of drug-likeness (QED) is 0.768. The SMILES string of the molecule is CCNC(=O)c1ccc(N(C)CCC(C)O)nn1. The van der Waals surface area contributed by atoms with E-state index in [9.17, 15) is 9.90 Å². The lowest BCUT2D eigenvalue weighted by atomic mass is 10.2. The number of nitrogens with one attached hydrogen (secondary N) is 1. The van der Waals surface area contributed by atoms with Crippen LogP contribution in [0.3, 0.4) is 0 Å². The molecule has 0 aliphatic carbocycles. The molecule has 6 heteroatoms. The number of carbonyl (C=O) groups is 1. The van der Waals surface area contributed by atoms with E-state index in [0.29, 0.717) is 31.0 Å². The third-order valence-corrected chi connectivity index (χ3v) is 2.49. The van der Waals surface area contributed by atoms with E-state index in [0.717, 1.165) is 0 Å². The summed E-state index contributed by atoms with van der Waals surface area (Å²) in [7, 11) is 1.87. The van der Waals surface area contributed by atoms with Crippen LogP contribution >= 0.6 is 0 Å². The number of aliphatic hydroxyl groups excluding tert-OH is 1. The van der Waals surface area contributed by atoms with E-state index < -0.39 is 0 Å².